The largest absolute Gasteiger partial charge is 0.237 e. The van der Waals surface area contributed by atoms with Gasteiger partial charge in [-0.1, -0.05) is 0 Å². The lowest BCUT2D eigenvalue weighted by atomic mass is 10.2. The zero-order valence-electron chi connectivity index (χ0n) is 8.28. The van der Waals surface area contributed by atoms with Crippen LogP contribution in [0.3, 0.4) is 0 Å². The van der Waals surface area contributed by atoms with Crippen LogP contribution in [0.25, 0.3) is 22.4 Å². The number of rotatable bonds is 1. The molecule has 5 heteroatoms. The monoisotopic (exact) mass is 209 g/mol. The van der Waals surface area contributed by atoms with Gasteiger partial charge in [0.25, 0.3) is 0 Å². The highest BCUT2D eigenvalue weighted by Gasteiger charge is 2.02. The van der Waals surface area contributed by atoms with Crippen molar-refractivity contribution >= 4 is 11.0 Å². The maximum absolute atomic E-state index is 4.40. The first-order valence-electron chi connectivity index (χ1n) is 4.80. The van der Waals surface area contributed by atoms with Crippen molar-refractivity contribution in [2.75, 3.05) is 0 Å². The van der Waals surface area contributed by atoms with Crippen LogP contribution >= 0.6 is 0 Å². The molecule has 0 radical (unpaired) electrons. The lowest BCUT2D eigenvalue weighted by Gasteiger charge is -1.99. The Balaban J connectivity index is 2.19. The van der Waals surface area contributed by atoms with Crippen LogP contribution in [0.15, 0.2) is 42.7 Å². The van der Waals surface area contributed by atoms with E-state index in [4.69, 9.17) is 0 Å². The third kappa shape index (κ3) is 1.48. The molecule has 0 aliphatic rings. The highest BCUT2D eigenvalue weighted by atomic mass is 15.3. The zero-order valence-corrected chi connectivity index (χ0v) is 8.28. The molecule has 0 saturated heterocycles. The second kappa shape index (κ2) is 3.62. The summed E-state index contributed by atoms with van der Waals surface area (Å²) in [5, 5.41) is 12.1. The second-order valence-corrected chi connectivity index (χ2v) is 3.25. The summed E-state index contributed by atoms with van der Waals surface area (Å²) in [7, 11) is 0. The van der Waals surface area contributed by atoms with E-state index in [9.17, 15) is 0 Å². The van der Waals surface area contributed by atoms with Gasteiger partial charge in [0.15, 0.2) is 5.65 Å². The number of nitrogens with zero attached hydrogens (tertiary/aromatic N) is 5. The Hall–Kier alpha value is -2.43. The molecule has 3 rings (SSSR count). The molecule has 76 valence electrons. The molecule has 0 spiro atoms. The van der Waals surface area contributed by atoms with Crippen molar-refractivity contribution in [3.05, 3.63) is 42.7 Å². The van der Waals surface area contributed by atoms with Gasteiger partial charge in [0.05, 0.1) is 11.9 Å². The number of hydrogen-bond donors (Lipinski definition) is 0. The first kappa shape index (κ1) is 8.84. The molecule has 0 unspecified atom stereocenters. The standard InChI is InChI=1S/C11H7N5/c1-2-8-3-4-9(14-11(8)12-6-1)10-5-7-13-16-15-10/h1-7H. The van der Waals surface area contributed by atoms with Gasteiger partial charge >= 0.3 is 0 Å². The Morgan fingerprint density at radius 2 is 1.88 bits per heavy atom. The number of pyridine rings is 2. The summed E-state index contributed by atoms with van der Waals surface area (Å²) in [6.07, 6.45) is 3.31. The fraction of sp³-hybridized carbons (Fsp3) is 0. The highest BCUT2D eigenvalue weighted by molar-refractivity contribution is 5.77. The molecule has 0 amide bonds. The quantitative estimate of drug-likeness (QED) is 0.607. The van der Waals surface area contributed by atoms with Crippen LogP contribution in [0, 0.1) is 0 Å². The SMILES string of the molecule is c1cnc2nc(-c3ccnnn3)ccc2c1. The minimum absolute atomic E-state index is 0.697. The minimum Gasteiger partial charge on any atom is -0.237 e. The Morgan fingerprint density at radius 3 is 2.75 bits per heavy atom. The van der Waals surface area contributed by atoms with Crippen molar-refractivity contribution < 1.29 is 0 Å². The van der Waals surface area contributed by atoms with Crippen LogP contribution in [0.1, 0.15) is 0 Å². The predicted octanol–water partition coefficient (Wildman–Crippen LogP) is 1.48. The molecule has 0 atom stereocenters. The molecular weight excluding hydrogens is 202 g/mol. The van der Waals surface area contributed by atoms with E-state index in [2.05, 4.69) is 25.4 Å². The van der Waals surface area contributed by atoms with Crippen LogP contribution in [0.2, 0.25) is 0 Å². The number of aromatic nitrogens is 5. The van der Waals surface area contributed by atoms with Gasteiger partial charge in [-0.25, -0.2) is 9.97 Å². The molecule has 3 aromatic rings. The van der Waals surface area contributed by atoms with Gasteiger partial charge in [-0.3, -0.25) is 0 Å². The third-order valence-electron chi connectivity index (χ3n) is 2.23. The fourth-order valence-electron chi connectivity index (χ4n) is 1.47. The molecule has 0 saturated carbocycles. The normalized spacial score (nSPS) is 10.5. The second-order valence-electron chi connectivity index (χ2n) is 3.25. The van der Waals surface area contributed by atoms with Crippen molar-refractivity contribution in [2.45, 2.75) is 0 Å². The average molecular weight is 209 g/mol. The van der Waals surface area contributed by atoms with Crippen molar-refractivity contribution in [1.29, 1.82) is 0 Å². The molecule has 16 heavy (non-hydrogen) atoms. The fourth-order valence-corrected chi connectivity index (χ4v) is 1.47. The summed E-state index contributed by atoms with van der Waals surface area (Å²) in [6.45, 7) is 0. The van der Waals surface area contributed by atoms with Gasteiger partial charge in [0, 0.05) is 11.6 Å². The van der Waals surface area contributed by atoms with Crippen molar-refractivity contribution in [3.8, 4) is 11.4 Å². The lowest BCUT2D eigenvalue weighted by Crippen LogP contribution is -1.92. The molecule has 5 nitrogen and oxygen atoms in total. The van der Waals surface area contributed by atoms with E-state index in [0.29, 0.717) is 11.3 Å². The third-order valence-corrected chi connectivity index (χ3v) is 2.23. The van der Waals surface area contributed by atoms with Crippen LogP contribution in [0.5, 0.6) is 0 Å². The topological polar surface area (TPSA) is 64.5 Å². The highest BCUT2D eigenvalue weighted by Crippen LogP contribution is 2.16. The number of hydrogen-bond acceptors (Lipinski definition) is 5. The molecule has 0 fully saturated rings. The Bertz CT molecular complexity index is 623. The van der Waals surface area contributed by atoms with E-state index in [-0.39, 0.29) is 0 Å². The summed E-state index contributed by atoms with van der Waals surface area (Å²) in [4.78, 5) is 8.60. The first-order chi connectivity index (χ1) is 7.93. The van der Waals surface area contributed by atoms with Gasteiger partial charge in [-0.15, -0.1) is 10.2 Å². The summed E-state index contributed by atoms with van der Waals surface area (Å²) in [6, 6.07) is 9.48. The van der Waals surface area contributed by atoms with Crippen molar-refractivity contribution in [2.24, 2.45) is 0 Å². The summed E-state index contributed by atoms with van der Waals surface area (Å²) >= 11 is 0. The Labute approximate surface area is 91.2 Å². The molecule has 0 aromatic carbocycles. The average Bonchev–Trinajstić information content (AvgIpc) is 2.39. The summed E-state index contributed by atoms with van der Waals surface area (Å²) < 4.78 is 0. The molecule has 3 heterocycles. The van der Waals surface area contributed by atoms with E-state index in [0.717, 1.165) is 11.1 Å². The van der Waals surface area contributed by atoms with Crippen molar-refractivity contribution in [3.63, 3.8) is 0 Å². The van der Waals surface area contributed by atoms with Crippen LogP contribution in [-0.2, 0) is 0 Å². The molecule has 0 bridgehead atoms. The number of fused-ring (bicyclic) bond motifs is 1. The Kier molecular flexibility index (Phi) is 2.00. The molecule has 0 aliphatic carbocycles. The van der Waals surface area contributed by atoms with Gasteiger partial charge in [-0.2, -0.15) is 0 Å². The molecule has 0 aliphatic heterocycles. The maximum atomic E-state index is 4.40. The van der Waals surface area contributed by atoms with Crippen LogP contribution < -0.4 is 0 Å². The molecule has 3 aromatic heterocycles. The van der Waals surface area contributed by atoms with E-state index >= 15 is 0 Å². The zero-order chi connectivity index (χ0) is 10.8. The smallest absolute Gasteiger partial charge is 0.159 e. The molecule has 0 N–H and O–H groups in total. The van der Waals surface area contributed by atoms with E-state index in [1.54, 1.807) is 18.5 Å². The van der Waals surface area contributed by atoms with Gasteiger partial charge in [0.1, 0.15) is 5.69 Å². The first-order valence-corrected chi connectivity index (χ1v) is 4.80. The molecular formula is C11H7N5. The van der Waals surface area contributed by atoms with E-state index < -0.39 is 0 Å². The summed E-state index contributed by atoms with van der Waals surface area (Å²) in [5.74, 6) is 0. The van der Waals surface area contributed by atoms with Crippen LogP contribution in [0.4, 0.5) is 0 Å². The van der Waals surface area contributed by atoms with Crippen LogP contribution in [-0.4, -0.2) is 25.4 Å². The maximum Gasteiger partial charge on any atom is 0.159 e. The minimum atomic E-state index is 0.697. The summed E-state index contributed by atoms with van der Waals surface area (Å²) in [5.41, 5.74) is 2.15. The van der Waals surface area contributed by atoms with Crippen molar-refractivity contribution in [1.82, 2.24) is 25.4 Å². The Morgan fingerprint density at radius 1 is 0.875 bits per heavy atom. The van der Waals surface area contributed by atoms with Gasteiger partial charge < -0.3 is 0 Å². The van der Waals surface area contributed by atoms with Gasteiger partial charge in [0.2, 0.25) is 0 Å². The predicted molar refractivity (Wildman–Crippen MR) is 58.4 cm³/mol. The van der Waals surface area contributed by atoms with Gasteiger partial charge in [-0.05, 0) is 35.5 Å². The van der Waals surface area contributed by atoms with E-state index in [1.165, 1.54) is 0 Å². The van der Waals surface area contributed by atoms with E-state index in [1.807, 2.05) is 24.3 Å². The lowest BCUT2D eigenvalue weighted by molar-refractivity contribution is 0.868.